The third-order valence-electron chi connectivity index (χ3n) is 5.60. The van der Waals surface area contributed by atoms with E-state index in [0.29, 0.717) is 35.5 Å². The van der Waals surface area contributed by atoms with Gasteiger partial charge in [-0.1, -0.05) is 12.1 Å². The summed E-state index contributed by atoms with van der Waals surface area (Å²) in [7, 11) is 1.69. The third kappa shape index (κ3) is 4.56. The van der Waals surface area contributed by atoms with Gasteiger partial charge in [0.15, 0.2) is 0 Å². The highest BCUT2D eigenvalue weighted by Gasteiger charge is 2.26. The summed E-state index contributed by atoms with van der Waals surface area (Å²) in [6.45, 7) is 2.15. The number of halogens is 1. The maximum atomic E-state index is 13.8. The Balaban J connectivity index is 1.69. The van der Waals surface area contributed by atoms with E-state index in [1.54, 1.807) is 60.9 Å². The Morgan fingerprint density at radius 1 is 1.21 bits per heavy atom. The van der Waals surface area contributed by atoms with Gasteiger partial charge in [0.25, 0.3) is 5.91 Å². The molecule has 0 bridgehead atoms. The molecule has 2 aromatic carbocycles. The highest BCUT2D eigenvalue weighted by molar-refractivity contribution is 5.96. The summed E-state index contributed by atoms with van der Waals surface area (Å²) in [6, 6.07) is 11.0. The second-order valence-corrected chi connectivity index (χ2v) is 7.66. The van der Waals surface area contributed by atoms with Crippen molar-refractivity contribution in [2.24, 2.45) is 0 Å². The average Bonchev–Trinajstić information content (AvgIpc) is 3.31. The predicted molar refractivity (Wildman–Crippen MR) is 123 cm³/mol. The van der Waals surface area contributed by atoms with E-state index in [1.165, 1.54) is 12.1 Å². The number of nitrogens with one attached hydrogen (secondary N) is 1. The van der Waals surface area contributed by atoms with Crippen LogP contribution in [0.15, 0.2) is 61.1 Å². The van der Waals surface area contributed by atoms with E-state index in [0.717, 1.165) is 16.5 Å². The summed E-state index contributed by atoms with van der Waals surface area (Å²) < 4.78 is 19.5. The Morgan fingerprint density at radius 2 is 2.06 bits per heavy atom. The molecule has 0 aliphatic rings. The first-order chi connectivity index (χ1) is 16.0. The number of fused-ring (bicyclic) bond motifs is 1. The Hall–Kier alpha value is -3.78. The lowest BCUT2D eigenvalue weighted by atomic mass is 9.99. The summed E-state index contributed by atoms with van der Waals surface area (Å²) >= 11 is 0. The van der Waals surface area contributed by atoms with Gasteiger partial charge < -0.3 is 14.7 Å². The average molecular weight is 448 g/mol. The smallest absolute Gasteiger partial charge is 0.254 e. The van der Waals surface area contributed by atoms with Gasteiger partial charge in [0.1, 0.15) is 11.6 Å². The molecule has 2 heterocycles. The van der Waals surface area contributed by atoms with Gasteiger partial charge >= 0.3 is 0 Å². The first kappa shape index (κ1) is 22.4. The van der Waals surface area contributed by atoms with Gasteiger partial charge in [0.2, 0.25) is 0 Å². The van der Waals surface area contributed by atoms with E-state index >= 15 is 0 Å². The number of aliphatic hydroxyl groups excluding tert-OH is 1. The quantitative estimate of drug-likeness (QED) is 0.418. The summed E-state index contributed by atoms with van der Waals surface area (Å²) in [5.74, 6) is -0.0848. The number of nitrogens with zero attached hydrogens (tertiary/aromatic N) is 3. The largest absolute Gasteiger partial charge is 0.493 e. The molecule has 0 radical (unpaired) electrons. The van der Waals surface area contributed by atoms with Crippen molar-refractivity contribution in [1.82, 2.24) is 20.1 Å². The van der Waals surface area contributed by atoms with Crippen molar-refractivity contribution in [2.45, 2.75) is 19.4 Å². The minimum atomic E-state index is -0.419. The van der Waals surface area contributed by atoms with Crippen LogP contribution in [0, 0.1) is 5.82 Å². The normalized spacial score (nSPS) is 12.0. The van der Waals surface area contributed by atoms with Crippen molar-refractivity contribution in [3.8, 4) is 16.9 Å². The Labute approximate surface area is 190 Å². The SMILES string of the molecule is CCOc1cc(C(=O)N(C)[C@@H](CCO)c2cncc3cn[nH]c23)ccc1-c1cccc(F)c1. The van der Waals surface area contributed by atoms with Crippen LogP contribution in [0.3, 0.4) is 0 Å². The van der Waals surface area contributed by atoms with Gasteiger partial charge in [-0.15, -0.1) is 0 Å². The second kappa shape index (κ2) is 9.79. The first-order valence-electron chi connectivity index (χ1n) is 10.7. The molecule has 8 heteroatoms. The van der Waals surface area contributed by atoms with Crippen LogP contribution in [0.5, 0.6) is 5.75 Å². The zero-order valence-electron chi connectivity index (χ0n) is 18.5. The van der Waals surface area contributed by atoms with Crippen LogP contribution in [0.25, 0.3) is 22.0 Å². The Bertz CT molecular complexity index is 1270. The van der Waals surface area contributed by atoms with Crippen LogP contribution >= 0.6 is 0 Å². The summed E-state index contributed by atoms with van der Waals surface area (Å²) in [5.41, 5.74) is 3.35. The summed E-state index contributed by atoms with van der Waals surface area (Å²) in [6.07, 6.45) is 5.38. The number of pyridine rings is 1. The maximum absolute atomic E-state index is 13.8. The van der Waals surface area contributed by atoms with Crippen LogP contribution in [-0.4, -0.2) is 51.4 Å². The van der Waals surface area contributed by atoms with Crippen LogP contribution in [0.1, 0.15) is 35.3 Å². The zero-order valence-corrected chi connectivity index (χ0v) is 18.5. The molecule has 0 unspecified atom stereocenters. The molecule has 0 aliphatic heterocycles. The highest BCUT2D eigenvalue weighted by Crippen LogP contribution is 2.34. The molecule has 0 fully saturated rings. The number of aliphatic hydroxyl groups is 1. The molecule has 0 saturated carbocycles. The number of carbonyl (C=O) groups is 1. The van der Waals surface area contributed by atoms with Crippen molar-refractivity contribution >= 4 is 16.8 Å². The fourth-order valence-corrected chi connectivity index (χ4v) is 3.99. The topological polar surface area (TPSA) is 91.3 Å². The molecule has 4 aromatic rings. The van der Waals surface area contributed by atoms with Crippen LogP contribution in [0.2, 0.25) is 0 Å². The number of H-pyrrole nitrogens is 1. The van der Waals surface area contributed by atoms with E-state index in [-0.39, 0.29) is 18.3 Å². The maximum Gasteiger partial charge on any atom is 0.254 e. The van der Waals surface area contributed by atoms with Crippen molar-refractivity contribution in [2.75, 3.05) is 20.3 Å². The molecule has 0 saturated heterocycles. The van der Waals surface area contributed by atoms with E-state index in [9.17, 15) is 14.3 Å². The summed E-state index contributed by atoms with van der Waals surface area (Å²) in [5, 5.41) is 17.5. The molecule has 1 atom stereocenters. The molecule has 0 spiro atoms. The molecule has 4 rings (SSSR count). The fourth-order valence-electron chi connectivity index (χ4n) is 3.99. The van der Waals surface area contributed by atoms with Crippen LogP contribution in [-0.2, 0) is 0 Å². The van der Waals surface area contributed by atoms with Crippen molar-refractivity contribution in [3.63, 3.8) is 0 Å². The van der Waals surface area contributed by atoms with Gasteiger partial charge in [-0.25, -0.2) is 4.39 Å². The van der Waals surface area contributed by atoms with Gasteiger partial charge in [0.05, 0.1) is 24.4 Å². The van der Waals surface area contributed by atoms with Crippen molar-refractivity contribution in [3.05, 3.63) is 78.0 Å². The van der Waals surface area contributed by atoms with E-state index < -0.39 is 6.04 Å². The molecule has 33 heavy (non-hydrogen) atoms. The van der Waals surface area contributed by atoms with Crippen molar-refractivity contribution in [1.29, 1.82) is 0 Å². The highest BCUT2D eigenvalue weighted by atomic mass is 19.1. The van der Waals surface area contributed by atoms with Crippen LogP contribution in [0.4, 0.5) is 4.39 Å². The Morgan fingerprint density at radius 3 is 2.82 bits per heavy atom. The number of aromatic nitrogens is 3. The minimum absolute atomic E-state index is 0.102. The fraction of sp³-hybridized carbons (Fsp3) is 0.240. The number of rotatable bonds is 8. The first-order valence-corrected chi connectivity index (χ1v) is 10.7. The lowest BCUT2D eigenvalue weighted by Crippen LogP contribution is -2.32. The predicted octanol–water partition coefficient (Wildman–Crippen LogP) is 4.36. The molecule has 2 aromatic heterocycles. The molecule has 0 aliphatic carbocycles. The second-order valence-electron chi connectivity index (χ2n) is 7.66. The zero-order chi connectivity index (χ0) is 23.4. The monoisotopic (exact) mass is 448 g/mol. The van der Waals surface area contributed by atoms with E-state index in [2.05, 4.69) is 15.2 Å². The Kier molecular flexibility index (Phi) is 6.65. The number of aromatic amines is 1. The molecular formula is C25H25FN4O3. The molecule has 170 valence electrons. The molecule has 1 amide bonds. The van der Waals surface area contributed by atoms with Gasteiger partial charge in [-0.3, -0.25) is 14.9 Å². The summed E-state index contributed by atoms with van der Waals surface area (Å²) in [4.78, 5) is 19.3. The third-order valence-corrected chi connectivity index (χ3v) is 5.60. The number of ether oxygens (including phenoxy) is 1. The number of hydrogen-bond acceptors (Lipinski definition) is 5. The molecule has 7 nitrogen and oxygen atoms in total. The number of carbonyl (C=O) groups excluding carboxylic acids is 1. The lowest BCUT2D eigenvalue weighted by molar-refractivity contribution is 0.0705. The van der Waals surface area contributed by atoms with Gasteiger partial charge in [-0.2, -0.15) is 5.10 Å². The van der Waals surface area contributed by atoms with Crippen LogP contribution < -0.4 is 4.74 Å². The number of hydrogen-bond donors (Lipinski definition) is 2. The van der Waals surface area contributed by atoms with Gasteiger partial charge in [-0.05, 0) is 49.2 Å². The van der Waals surface area contributed by atoms with E-state index in [4.69, 9.17) is 4.74 Å². The van der Waals surface area contributed by atoms with E-state index in [1.807, 2.05) is 6.92 Å². The minimum Gasteiger partial charge on any atom is -0.493 e. The molecule has 2 N–H and O–H groups in total. The number of benzene rings is 2. The number of amides is 1. The molecular weight excluding hydrogens is 423 g/mol. The van der Waals surface area contributed by atoms with Gasteiger partial charge in [0, 0.05) is 48.1 Å². The standard InChI is InChI=1S/C25H25FN4O3/c1-3-33-23-12-17(7-8-20(23)16-5-4-6-19(26)11-16)25(32)30(2)22(9-10-31)21-15-27-13-18-14-28-29-24(18)21/h4-8,11-15,22,31H,3,9-10H2,1-2H3,(H,28,29)/t22-/m0/s1. The van der Waals surface area contributed by atoms with Crippen molar-refractivity contribution < 1.29 is 19.0 Å². The lowest BCUT2D eigenvalue weighted by Gasteiger charge is -2.28.